The van der Waals surface area contributed by atoms with E-state index in [1.54, 1.807) is 31.4 Å². The van der Waals surface area contributed by atoms with E-state index in [4.69, 9.17) is 0 Å². The van der Waals surface area contributed by atoms with Crippen molar-refractivity contribution in [2.24, 2.45) is 0 Å². The number of nitrogens with zero attached hydrogens (tertiary/aromatic N) is 1. The summed E-state index contributed by atoms with van der Waals surface area (Å²) in [6.45, 7) is 4.63. The molecule has 156 valence electrons. The first-order chi connectivity index (χ1) is 14.2. The number of hydrogen-bond acceptors (Lipinski definition) is 0. The van der Waals surface area contributed by atoms with Crippen LogP contribution >= 0.6 is 0 Å². The normalized spacial score (nSPS) is 18.7. The first-order valence-electron chi connectivity index (χ1n) is 10.8. The number of aryl methyl sites for hydroxylation is 1. The standard InChI is InChI=1S/C20H16N.C7H9.2FH.Zr/c1-2-7-15-13-16(12-14(15)6-1)21-19-10-4-3-8-17(19)18-9-5-11-20(18)21;1-6-4-3-5-7(6)2;;;/h1-4,6-8,10,12-13H,5,9,11H2;4H,3H2,1-2H3;2*1H;/q;;;;+2/p-2. The summed E-state index contributed by atoms with van der Waals surface area (Å²) in [6.07, 6.45) is 9.91. The molecule has 31 heavy (non-hydrogen) atoms. The fraction of sp³-hybridized carbons (Fsp3) is 0.259. The summed E-state index contributed by atoms with van der Waals surface area (Å²) in [5.74, 6) is 0. The summed E-state index contributed by atoms with van der Waals surface area (Å²) >= 11 is -0.788. The van der Waals surface area contributed by atoms with Crippen molar-refractivity contribution in [2.45, 2.75) is 43.2 Å². The molecular formula is C27H25F2NZr. The molecule has 0 radical (unpaired) electrons. The Bertz CT molecular complexity index is 1260. The monoisotopic (exact) mass is 491 g/mol. The number of fused-ring (bicyclic) bond motifs is 4. The Kier molecular flexibility index (Phi) is 6.05. The van der Waals surface area contributed by atoms with Crippen LogP contribution in [0.4, 0.5) is 0 Å². The fourth-order valence-corrected chi connectivity index (χ4v) is 9.75. The van der Waals surface area contributed by atoms with E-state index in [9.17, 15) is 0 Å². The summed E-state index contributed by atoms with van der Waals surface area (Å²) in [6, 6.07) is 18.2. The van der Waals surface area contributed by atoms with Gasteiger partial charge in [-0.05, 0) is 0 Å². The number of rotatable bonds is 3. The first-order valence-corrected chi connectivity index (χ1v) is 13.4. The Labute approximate surface area is 193 Å². The minimum Gasteiger partial charge on any atom is -1.00 e. The van der Waals surface area contributed by atoms with Gasteiger partial charge < -0.3 is 9.41 Å². The van der Waals surface area contributed by atoms with Crippen LogP contribution in [0.15, 0.2) is 69.0 Å². The maximum atomic E-state index is 2.67. The third kappa shape index (κ3) is 3.35. The molecule has 0 saturated heterocycles. The van der Waals surface area contributed by atoms with Gasteiger partial charge in [-0.15, -0.1) is 0 Å². The van der Waals surface area contributed by atoms with Gasteiger partial charge in [0.15, 0.2) is 0 Å². The Morgan fingerprint density at radius 1 is 0.935 bits per heavy atom. The maximum Gasteiger partial charge on any atom is -1.00 e. The number of aromatic nitrogens is 1. The molecular weight excluding hydrogens is 468 g/mol. The quantitative estimate of drug-likeness (QED) is 0.512. The molecule has 1 heterocycles. The van der Waals surface area contributed by atoms with E-state index in [1.807, 2.05) is 0 Å². The molecule has 1 atom stereocenters. The van der Waals surface area contributed by atoms with Gasteiger partial charge in [0.1, 0.15) is 0 Å². The molecule has 4 heteroatoms. The molecule has 0 aliphatic heterocycles. The van der Waals surface area contributed by atoms with Gasteiger partial charge in [0.2, 0.25) is 0 Å². The second-order valence-corrected chi connectivity index (χ2v) is 12.2. The van der Waals surface area contributed by atoms with Crippen molar-refractivity contribution in [3.8, 4) is 0 Å². The van der Waals surface area contributed by atoms with Crippen LogP contribution in [0.3, 0.4) is 0 Å². The Hall–Kier alpha value is -2.06. The van der Waals surface area contributed by atoms with Gasteiger partial charge in [-0.3, -0.25) is 0 Å². The molecule has 0 bridgehead atoms. The first kappa shape index (κ1) is 22.1. The van der Waals surface area contributed by atoms with Gasteiger partial charge >= 0.3 is 185 Å². The van der Waals surface area contributed by atoms with E-state index in [0.29, 0.717) is 3.63 Å². The number of halogens is 2. The number of allylic oxidation sites excluding steroid dienone is 5. The fourth-order valence-electron chi connectivity index (χ4n) is 5.42. The second kappa shape index (κ2) is 8.47. The van der Waals surface area contributed by atoms with Gasteiger partial charge in [-0.25, -0.2) is 0 Å². The van der Waals surface area contributed by atoms with Crippen LogP contribution in [0.5, 0.6) is 0 Å². The Balaban J connectivity index is 0.00000116. The molecule has 6 rings (SSSR count). The molecule has 3 aliphatic carbocycles. The molecule has 1 nitrogen and oxygen atoms in total. The van der Waals surface area contributed by atoms with Crippen LogP contribution in [0.25, 0.3) is 22.7 Å². The molecule has 3 aliphatic rings. The molecule has 1 unspecified atom stereocenters. The average molecular weight is 493 g/mol. The molecule has 0 fully saturated rings. The van der Waals surface area contributed by atoms with Crippen molar-refractivity contribution in [3.05, 3.63) is 91.4 Å². The van der Waals surface area contributed by atoms with Gasteiger partial charge in [-0.1, -0.05) is 0 Å². The van der Waals surface area contributed by atoms with Crippen LogP contribution in [0, 0.1) is 0 Å². The number of hydrogen-bond donors (Lipinski definition) is 0. The maximum absolute atomic E-state index is 2.67. The van der Waals surface area contributed by atoms with E-state index in [0.717, 1.165) is 0 Å². The Morgan fingerprint density at radius 2 is 1.71 bits per heavy atom. The van der Waals surface area contributed by atoms with Crippen LogP contribution in [-0.4, -0.2) is 4.57 Å². The molecule has 0 spiro atoms. The summed E-state index contributed by atoms with van der Waals surface area (Å²) in [5, 5.41) is 1.48. The summed E-state index contributed by atoms with van der Waals surface area (Å²) in [4.78, 5) is 0. The van der Waals surface area contributed by atoms with Gasteiger partial charge in [-0.2, -0.15) is 0 Å². The minimum atomic E-state index is -0.788. The average Bonchev–Trinajstić information content (AvgIpc) is 3.48. The summed E-state index contributed by atoms with van der Waals surface area (Å²) in [5.41, 5.74) is 12.3. The van der Waals surface area contributed by atoms with E-state index >= 15 is 0 Å². The molecule has 0 saturated carbocycles. The molecule has 0 amide bonds. The van der Waals surface area contributed by atoms with Crippen molar-refractivity contribution in [1.29, 1.82) is 0 Å². The zero-order chi connectivity index (χ0) is 19.5. The SMILES string of the molecule is CC1=CC[C]([Zr+2][CH]2C(n3c4c(c5ccccc53)CCC4)=Cc3ccccc32)=C1C.[F-].[F-]. The van der Waals surface area contributed by atoms with Gasteiger partial charge in [0.25, 0.3) is 0 Å². The van der Waals surface area contributed by atoms with Crippen molar-refractivity contribution in [2.75, 3.05) is 0 Å². The van der Waals surface area contributed by atoms with E-state index < -0.39 is 23.2 Å². The molecule has 2 aromatic carbocycles. The Morgan fingerprint density at radius 3 is 2.52 bits per heavy atom. The number of benzene rings is 2. The predicted molar refractivity (Wildman–Crippen MR) is 118 cm³/mol. The van der Waals surface area contributed by atoms with E-state index in [2.05, 4.69) is 79.1 Å². The van der Waals surface area contributed by atoms with Crippen molar-refractivity contribution in [3.63, 3.8) is 0 Å². The minimum absolute atomic E-state index is 0. The largest absolute Gasteiger partial charge is 1.00 e. The molecule has 1 aromatic heterocycles. The molecule has 0 N–H and O–H groups in total. The van der Waals surface area contributed by atoms with Crippen LogP contribution in [0.1, 0.15) is 52.7 Å². The van der Waals surface area contributed by atoms with Gasteiger partial charge in [0, 0.05) is 0 Å². The van der Waals surface area contributed by atoms with Crippen LogP contribution in [0.2, 0.25) is 0 Å². The van der Waals surface area contributed by atoms with Crippen molar-refractivity contribution in [1.82, 2.24) is 4.57 Å². The third-order valence-corrected chi connectivity index (χ3v) is 11.5. The zero-order valence-corrected chi connectivity index (χ0v) is 20.3. The smallest absolute Gasteiger partial charge is 1.00 e. The molecule has 3 aromatic rings. The van der Waals surface area contributed by atoms with Gasteiger partial charge in [0.05, 0.1) is 0 Å². The zero-order valence-electron chi connectivity index (χ0n) is 17.9. The van der Waals surface area contributed by atoms with Crippen molar-refractivity contribution >= 4 is 22.7 Å². The van der Waals surface area contributed by atoms with Crippen LogP contribution < -0.4 is 9.41 Å². The third-order valence-electron chi connectivity index (χ3n) is 7.07. The number of para-hydroxylation sites is 1. The van der Waals surface area contributed by atoms with Crippen molar-refractivity contribution < 1.29 is 32.6 Å². The summed E-state index contributed by atoms with van der Waals surface area (Å²) in [7, 11) is 0. The second-order valence-electron chi connectivity index (χ2n) is 8.60. The van der Waals surface area contributed by atoms with Crippen LogP contribution in [-0.2, 0) is 36.1 Å². The van der Waals surface area contributed by atoms with E-state index in [-0.39, 0.29) is 9.41 Å². The summed E-state index contributed by atoms with van der Waals surface area (Å²) < 4.78 is 5.07. The van der Waals surface area contributed by atoms with E-state index in [1.165, 1.54) is 47.7 Å². The topological polar surface area (TPSA) is 4.93 Å². The predicted octanol–water partition coefficient (Wildman–Crippen LogP) is 0.897.